The van der Waals surface area contributed by atoms with Crippen LogP contribution in [0.1, 0.15) is 72.1 Å². The number of hydrogen-bond acceptors (Lipinski definition) is 4. The zero-order valence-electron chi connectivity index (χ0n) is 19.2. The Morgan fingerprint density at radius 2 is 1.90 bits per heavy atom. The Labute approximate surface area is 177 Å². The maximum absolute atomic E-state index is 11.6. The molecule has 0 N–H and O–H groups in total. The van der Waals surface area contributed by atoms with Gasteiger partial charge in [0.05, 0.1) is 12.7 Å². The van der Waals surface area contributed by atoms with Crippen LogP contribution in [0.2, 0.25) is 0 Å². The van der Waals surface area contributed by atoms with Gasteiger partial charge in [0.1, 0.15) is 6.10 Å². The van der Waals surface area contributed by atoms with E-state index in [2.05, 4.69) is 38.9 Å². The van der Waals surface area contributed by atoms with Crippen molar-refractivity contribution in [2.24, 2.45) is 28.6 Å². The summed E-state index contributed by atoms with van der Waals surface area (Å²) in [5, 5.41) is 0. The molecule has 7 atom stereocenters. The number of fused-ring (bicyclic) bond motifs is 5. The molecule has 0 saturated heterocycles. The van der Waals surface area contributed by atoms with E-state index in [-0.39, 0.29) is 17.5 Å². The van der Waals surface area contributed by atoms with Gasteiger partial charge in [-0.2, -0.15) is 0 Å². The normalized spacial score (nSPS) is 43.9. The van der Waals surface area contributed by atoms with Crippen molar-refractivity contribution in [3.05, 3.63) is 11.6 Å². The first-order chi connectivity index (χ1) is 13.7. The number of carbonyl (C=O) groups is 1. The molecule has 3 fully saturated rings. The summed E-state index contributed by atoms with van der Waals surface area (Å²) in [6.45, 7) is 8.35. The molecule has 0 aliphatic heterocycles. The second kappa shape index (κ2) is 8.00. The van der Waals surface area contributed by atoms with E-state index in [0.29, 0.717) is 11.5 Å². The highest BCUT2D eigenvalue weighted by molar-refractivity contribution is 5.66. The third-order valence-electron chi connectivity index (χ3n) is 9.16. The van der Waals surface area contributed by atoms with E-state index in [1.54, 1.807) is 12.5 Å². The third kappa shape index (κ3) is 3.80. The van der Waals surface area contributed by atoms with Crippen LogP contribution in [0, 0.1) is 28.6 Å². The lowest BCUT2D eigenvalue weighted by atomic mass is 9.47. The maximum Gasteiger partial charge on any atom is 0.302 e. The molecule has 3 saturated carbocycles. The van der Waals surface area contributed by atoms with Gasteiger partial charge in [0.2, 0.25) is 0 Å². The first-order valence-corrected chi connectivity index (χ1v) is 11.9. The summed E-state index contributed by atoms with van der Waals surface area (Å²) in [4.78, 5) is 13.8. The molecule has 0 amide bonds. The minimum absolute atomic E-state index is 0.104. The zero-order chi connectivity index (χ0) is 20.8. The first-order valence-electron chi connectivity index (χ1n) is 11.9. The number of hydrogen-bond donors (Lipinski definition) is 0. The van der Waals surface area contributed by atoms with Crippen LogP contribution in [-0.4, -0.2) is 50.3 Å². The first kappa shape index (κ1) is 21.4. The molecule has 0 aromatic carbocycles. The second-order valence-corrected chi connectivity index (χ2v) is 11.0. The average Bonchev–Trinajstić information content (AvgIpc) is 2.97. The Morgan fingerprint density at radius 1 is 1.10 bits per heavy atom. The van der Waals surface area contributed by atoms with E-state index in [4.69, 9.17) is 9.47 Å². The van der Waals surface area contributed by atoms with Crippen molar-refractivity contribution in [3.8, 4) is 0 Å². The number of rotatable bonds is 5. The molecule has 4 nitrogen and oxygen atoms in total. The summed E-state index contributed by atoms with van der Waals surface area (Å²) < 4.78 is 12.0. The van der Waals surface area contributed by atoms with Crippen LogP contribution in [-0.2, 0) is 14.3 Å². The predicted octanol–water partition coefficient (Wildman–Crippen LogP) is 4.83. The van der Waals surface area contributed by atoms with Crippen molar-refractivity contribution in [3.63, 3.8) is 0 Å². The van der Waals surface area contributed by atoms with Gasteiger partial charge in [-0.15, -0.1) is 0 Å². The van der Waals surface area contributed by atoms with E-state index in [0.717, 1.165) is 43.7 Å². The molecule has 29 heavy (non-hydrogen) atoms. The van der Waals surface area contributed by atoms with E-state index in [9.17, 15) is 4.79 Å². The van der Waals surface area contributed by atoms with Crippen LogP contribution in [0.5, 0.6) is 0 Å². The highest BCUT2D eigenvalue weighted by Gasteiger charge is 2.59. The fourth-order valence-electron chi connectivity index (χ4n) is 7.56. The molecule has 0 aromatic rings. The van der Waals surface area contributed by atoms with Crippen molar-refractivity contribution in [2.45, 2.75) is 84.3 Å². The molecule has 0 radical (unpaired) electrons. The van der Waals surface area contributed by atoms with Crippen LogP contribution < -0.4 is 0 Å². The smallest absolute Gasteiger partial charge is 0.302 e. The predicted molar refractivity (Wildman–Crippen MR) is 116 cm³/mol. The molecular weight excluding hydrogens is 362 g/mol. The third-order valence-corrected chi connectivity index (χ3v) is 9.16. The van der Waals surface area contributed by atoms with Crippen molar-refractivity contribution >= 4 is 5.97 Å². The molecule has 0 bridgehead atoms. The summed E-state index contributed by atoms with van der Waals surface area (Å²) >= 11 is 0. The monoisotopic (exact) mass is 403 g/mol. The van der Waals surface area contributed by atoms with Gasteiger partial charge in [0, 0.05) is 18.9 Å². The van der Waals surface area contributed by atoms with Gasteiger partial charge in [-0.3, -0.25) is 4.79 Å². The number of allylic oxidation sites excluding steroid dienone is 1. The second-order valence-electron chi connectivity index (χ2n) is 11.0. The fourth-order valence-corrected chi connectivity index (χ4v) is 7.56. The van der Waals surface area contributed by atoms with Crippen molar-refractivity contribution < 1.29 is 14.3 Å². The number of esters is 1. The van der Waals surface area contributed by atoms with Crippen LogP contribution in [0.3, 0.4) is 0 Å². The van der Waals surface area contributed by atoms with Gasteiger partial charge < -0.3 is 14.4 Å². The Bertz CT molecular complexity index is 658. The summed E-state index contributed by atoms with van der Waals surface area (Å²) in [7, 11) is 4.21. The fraction of sp³-hybridized carbons (Fsp3) is 0.880. The number of nitrogens with zero attached hydrogens (tertiary/aromatic N) is 1. The standard InChI is InChI=1S/C25H41NO3/c1-17(27)29-23-9-8-21-20-7-6-18-16-19(28-15-14-26(4)5)10-12-24(18,2)22(20)11-13-25(21,23)3/h16,19-23H,6-15H2,1-5H3. The van der Waals surface area contributed by atoms with Gasteiger partial charge in [-0.05, 0) is 88.6 Å². The summed E-state index contributed by atoms with van der Waals surface area (Å²) in [6.07, 6.45) is 12.7. The lowest BCUT2D eigenvalue weighted by Gasteiger charge is -2.58. The molecule has 4 rings (SSSR count). The minimum atomic E-state index is -0.104. The maximum atomic E-state index is 11.6. The highest BCUT2D eigenvalue weighted by Crippen LogP contribution is 2.65. The van der Waals surface area contributed by atoms with Crippen molar-refractivity contribution in [2.75, 3.05) is 27.2 Å². The lowest BCUT2D eigenvalue weighted by molar-refractivity contribution is -0.157. The van der Waals surface area contributed by atoms with E-state index >= 15 is 0 Å². The molecule has 0 spiro atoms. The van der Waals surface area contributed by atoms with E-state index in [1.165, 1.54) is 38.5 Å². The number of ether oxygens (including phenoxy) is 2. The largest absolute Gasteiger partial charge is 0.462 e. The van der Waals surface area contributed by atoms with E-state index in [1.807, 2.05) is 0 Å². The summed E-state index contributed by atoms with van der Waals surface area (Å²) in [5.74, 6) is 2.20. The van der Waals surface area contributed by atoms with Crippen LogP contribution in [0.15, 0.2) is 11.6 Å². The topological polar surface area (TPSA) is 38.8 Å². The number of likely N-dealkylation sites (N-methyl/N-ethyl adjacent to an activating group) is 1. The van der Waals surface area contributed by atoms with Gasteiger partial charge >= 0.3 is 5.97 Å². The van der Waals surface area contributed by atoms with Crippen LogP contribution in [0.4, 0.5) is 0 Å². The molecule has 164 valence electrons. The molecule has 4 aliphatic carbocycles. The molecule has 0 aromatic heterocycles. The zero-order valence-corrected chi connectivity index (χ0v) is 19.2. The van der Waals surface area contributed by atoms with Crippen LogP contribution in [0.25, 0.3) is 0 Å². The minimum Gasteiger partial charge on any atom is -0.462 e. The summed E-state index contributed by atoms with van der Waals surface area (Å²) in [6, 6.07) is 0. The highest BCUT2D eigenvalue weighted by atomic mass is 16.5. The van der Waals surface area contributed by atoms with E-state index < -0.39 is 0 Å². The van der Waals surface area contributed by atoms with Crippen LogP contribution >= 0.6 is 0 Å². The molecule has 0 heterocycles. The molecule has 7 unspecified atom stereocenters. The molecule has 4 aliphatic rings. The molecular formula is C25H41NO3. The Kier molecular flexibility index (Phi) is 5.89. The van der Waals surface area contributed by atoms with Gasteiger partial charge in [-0.1, -0.05) is 25.5 Å². The quantitative estimate of drug-likeness (QED) is 0.487. The van der Waals surface area contributed by atoms with Crippen molar-refractivity contribution in [1.82, 2.24) is 4.90 Å². The Hall–Kier alpha value is -0.870. The number of carbonyl (C=O) groups excluding carboxylic acids is 1. The Morgan fingerprint density at radius 3 is 2.62 bits per heavy atom. The Balaban J connectivity index is 1.47. The van der Waals surface area contributed by atoms with Gasteiger partial charge in [0.15, 0.2) is 0 Å². The SMILES string of the molecule is CC(=O)OC1CCC2C3CCC4=CC(OCCN(C)C)CCC4(C)C3CCC12C. The summed E-state index contributed by atoms with van der Waals surface area (Å²) in [5.41, 5.74) is 2.22. The van der Waals surface area contributed by atoms with Gasteiger partial charge in [-0.25, -0.2) is 0 Å². The average molecular weight is 404 g/mol. The molecule has 4 heteroatoms. The van der Waals surface area contributed by atoms with Crippen molar-refractivity contribution in [1.29, 1.82) is 0 Å². The van der Waals surface area contributed by atoms with Gasteiger partial charge in [0.25, 0.3) is 0 Å². The lowest BCUT2D eigenvalue weighted by Crippen LogP contribution is -2.52.